The molecule has 12 heteroatoms. The Hall–Kier alpha value is -3.51. The van der Waals surface area contributed by atoms with E-state index in [2.05, 4.69) is 15.6 Å². The van der Waals surface area contributed by atoms with Gasteiger partial charge in [-0.3, -0.25) is 14.4 Å². The summed E-state index contributed by atoms with van der Waals surface area (Å²) in [5.41, 5.74) is 3.64. The number of likely N-dealkylation sites (tertiary alicyclic amines) is 1. The Bertz CT molecular complexity index is 1410. The number of ether oxygens (including phenoxy) is 1. The number of hydrogen-bond acceptors (Lipinski definition) is 8. The number of aliphatic hydroxyl groups is 1. The molecule has 0 radical (unpaired) electrons. The van der Waals surface area contributed by atoms with E-state index in [4.69, 9.17) is 4.74 Å². The van der Waals surface area contributed by atoms with Crippen molar-refractivity contribution in [2.45, 2.75) is 130 Å². The number of aromatic nitrogens is 1. The van der Waals surface area contributed by atoms with E-state index in [9.17, 15) is 24.3 Å². The molecule has 0 unspecified atom stereocenters. The number of carbonyl (C=O) groups excluding carboxylic acids is 4. The second kappa shape index (κ2) is 17.4. The van der Waals surface area contributed by atoms with Gasteiger partial charge in [-0.1, -0.05) is 64.3 Å². The lowest BCUT2D eigenvalue weighted by Crippen LogP contribution is -2.57. The normalized spacial score (nSPS) is 17.7. The molecule has 1 aliphatic rings. The number of hydrogen-bond donors (Lipinski definition) is 3. The third kappa shape index (κ3) is 12.1. The lowest BCUT2D eigenvalue weighted by atomic mass is 9.85. The predicted molar refractivity (Wildman–Crippen MR) is 193 cm³/mol. The van der Waals surface area contributed by atoms with Gasteiger partial charge in [0.05, 0.1) is 28.2 Å². The van der Waals surface area contributed by atoms with Gasteiger partial charge >= 0.3 is 6.09 Å². The maximum atomic E-state index is 13.9. The zero-order valence-electron chi connectivity index (χ0n) is 30.8. The smallest absolute Gasteiger partial charge is 0.410 e. The highest BCUT2D eigenvalue weighted by atomic mass is 32.1. The van der Waals surface area contributed by atoms with Gasteiger partial charge in [-0.25, -0.2) is 9.78 Å². The zero-order valence-corrected chi connectivity index (χ0v) is 31.6. The fraction of sp³-hybridized carbons (Fsp3) is 0.649. The van der Waals surface area contributed by atoms with Crippen LogP contribution >= 0.6 is 11.3 Å². The van der Waals surface area contributed by atoms with Gasteiger partial charge < -0.3 is 30.3 Å². The molecule has 2 aromatic rings. The highest BCUT2D eigenvalue weighted by Gasteiger charge is 2.44. The number of nitrogens with one attached hydrogen (secondary N) is 2. The molecule has 11 nitrogen and oxygen atoms in total. The largest absolute Gasteiger partial charge is 0.444 e. The molecule has 3 N–H and O–H groups in total. The van der Waals surface area contributed by atoms with Crippen LogP contribution in [0.25, 0.3) is 10.4 Å². The molecular formula is C37H57N5O6S. The number of nitrogens with zero attached hydrogens (tertiary/aromatic N) is 3. The Morgan fingerprint density at radius 1 is 1.02 bits per heavy atom. The van der Waals surface area contributed by atoms with Crippen molar-refractivity contribution in [1.29, 1.82) is 0 Å². The molecule has 1 saturated heterocycles. The van der Waals surface area contributed by atoms with Crippen LogP contribution in [0.1, 0.15) is 111 Å². The van der Waals surface area contributed by atoms with Crippen molar-refractivity contribution in [3.05, 3.63) is 41.0 Å². The average molecular weight is 700 g/mol. The van der Waals surface area contributed by atoms with Gasteiger partial charge in [0, 0.05) is 33.0 Å². The monoisotopic (exact) mass is 699 g/mol. The molecule has 1 aromatic heterocycles. The molecule has 1 aliphatic heterocycles. The van der Waals surface area contributed by atoms with Gasteiger partial charge in [0.1, 0.15) is 17.7 Å². The maximum Gasteiger partial charge on any atom is 0.410 e. The quantitative estimate of drug-likeness (QED) is 0.206. The Morgan fingerprint density at radius 3 is 2.24 bits per heavy atom. The summed E-state index contributed by atoms with van der Waals surface area (Å²) in [6.07, 6.45) is 3.47. The van der Waals surface area contributed by atoms with E-state index in [-0.39, 0.29) is 49.2 Å². The number of rotatable bonds is 14. The van der Waals surface area contributed by atoms with Crippen molar-refractivity contribution < 1.29 is 29.0 Å². The van der Waals surface area contributed by atoms with Crippen LogP contribution in [-0.2, 0) is 19.1 Å². The number of amides is 4. The fourth-order valence-electron chi connectivity index (χ4n) is 5.84. The minimum absolute atomic E-state index is 0.0275. The summed E-state index contributed by atoms with van der Waals surface area (Å²) in [5, 5.41) is 16.5. The van der Waals surface area contributed by atoms with Gasteiger partial charge in [0.25, 0.3) is 0 Å². The SMILES string of the molecule is Cc1ncsc1-c1ccc([C@H](C)NC(=O)[C@@H]2C[C@@H](O)CN2C(=O)[C@@H](NC(=O)CCCCCCCN(C)C(=O)OC(C)(C)C)C(C)(C)C)cc1. The number of unbranched alkanes of at least 4 members (excludes halogenated alkanes) is 4. The predicted octanol–water partition coefficient (Wildman–Crippen LogP) is 6.00. The van der Waals surface area contributed by atoms with E-state index < -0.39 is 29.2 Å². The number of carbonyl (C=O) groups is 4. The Kier molecular flexibility index (Phi) is 14.2. The Balaban J connectivity index is 1.50. The second-order valence-corrected chi connectivity index (χ2v) is 16.2. The van der Waals surface area contributed by atoms with Crippen molar-refractivity contribution in [2.75, 3.05) is 20.1 Å². The lowest BCUT2D eigenvalue weighted by molar-refractivity contribution is -0.144. The highest BCUT2D eigenvalue weighted by Crippen LogP contribution is 2.29. The molecule has 0 aliphatic carbocycles. The van der Waals surface area contributed by atoms with Crippen LogP contribution in [0.2, 0.25) is 0 Å². The van der Waals surface area contributed by atoms with Crippen LogP contribution in [0.4, 0.5) is 4.79 Å². The van der Waals surface area contributed by atoms with Crippen molar-refractivity contribution in [2.24, 2.45) is 5.41 Å². The fourth-order valence-corrected chi connectivity index (χ4v) is 6.66. The van der Waals surface area contributed by atoms with Crippen molar-refractivity contribution >= 4 is 35.2 Å². The zero-order chi connectivity index (χ0) is 36.5. The van der Waals surface area contributed by atoms with E-state index in [1.807, 2.05) is 85.2 Å². The number of β-amino-alcohol motifs (C(OH)–C–C–N with tert-alkyl or cyclic N) is 1. The minimum Gasteiger partial charge on any atom is -0.444 e. The number of aliphatic hydroxyl groups excluding tert-OH is 1. The van der Waals surface area contributed by atoms with E-state index >= 15 is 0 Å². The van der Waals surface area contributed by atoms with Crippen LogP contribution < -0.4 is 10.6 Å². The molecule has 0 saturated carbocycles. The molecular weight excluding hydrogens is 643 g/mol. The first-order valence-corrected chi connectivity index (χ1v) is 18.3. The molecule has 3 rings (SSSR count). The summed E-state index contributed by atoms with van der Waals surface area (Å²) in [5.74, 6) is -0.927. The molecule has 1 aromatic carbocycles. The summed E-state index contributed by atoms with van der Waals surface area (Å²) in [4.78, 5) is 61.0. The lowest BCUT2D eigenvalue weighted by Gasteiger charge is -2.35. The van der Waals surface area contributed by atoms with E-state index in [1.54, 1.807) is 23.3 Å². The number of benzene rings is 1. The molecule has 0 bridgehead atoms. The van der Waals surface area contributed by atoms with Crippen molar-refractivity contribution in [1.82, 2.24) is 25.4 Å². The first-order chi connectivity index (χ1) is 22.9. The van der Waals surface area contributed by atoms with Crippen LogP contribution in [0.5, 0.6) is 0 Å². The first kappa shape index (κ1) is 39.9. The van der Waals surface area contributed by atoms with E-state index in [1.165, 1.54) is 4.90 Å². The van der Waals surface area contributed by atoms with Crippen LogP contribution in [0.3, 0.4) is 0 Å². The molecule has 272 valence electrons. The van der Waals surface area contributed by atoms with Gasteiger partial charge in [-0.15, -0.1) is 11.3 Å². The summed E-state index contributed by atoms with van der Waals surface area (Å²) in [6.45, 7) is 15.7. The number of thiazole rings is 1. The van der Waals surface area contributed by atoms with E-state index in [0.717, 1.165) is 47.4 Å². The number of aryl methyl sites for hydroxylation is 1. The maximum absolute atomic E-state index is 13.9. The molecule has 4 amide bonds. The van der Waals surface area contributed by atoms with Gasteiger partial charge in [0.2, 0.25) is 17.7 Å². The summed E-state index contributed by atoms with van der Waals surface area (Å²) < 4.78 is 5.38. The van der Waals surface area contributed by atoms with Crippen LogP contribution in [0, 0.1) is 12.3 Å². The highest BCUT2D eigenvalue weighted by molar-refractivity contribution is 7.13. The van der Waals surface area contributed by atoms with Crippen molar-refractivity contribution in [3.63, 3.8) is 0 Å². The molecule has 2 heterocycles. The standard InChI is InChI=1S/C37H57N5O6S/c1-24(26-16-18-27(19-17-26)31-25(2)38-23-49-31)39-33(45)29-21-28(43)22-42(29)34(46)32(36(3,4)5)40-30(44)15-13-11-10-12-14-20-41(9)35(47)48-37(6,7)8/h16-19,23-24,28-29,32,43H,10-15,20-22H2,1-9H3,(H,39,45)(H,40,44)/t24-,28+,29-,32+/m0/s1. The molecule has 0 spiro atoms. The van der Waals surface area contributed by atoms with Gasteiger partial charge in [-0.2, -0.15) is 0 Å². The average Bonchev–Trinajstić information content (AvgIpc) is 3.62. The third-order valence-electron chi connectivity index (χ3n) is 8.66. The summed E-state index contributed by atoms with van der Waals surface area (Å²) in [6, 6.07) is 5.95. The first-order valence-electron chi connectivity index (χ1n) is 17.4. The Morgan fingerprint density at radius 2 is 1.65 bits per heavy atom. The molecule has 49 heavy (non-hydrogen) atoms. The Labute approximate surface area is 296 Å². The second-order valence-electron chi connectivity index (χ2n) is 15.3. The molecule has 1 fully saturated rings. The van der Waals surface area contributed by atoms with E-state index in [0.29, 0.717) is 13.0 Å². The summed E-state index contributed by atoms with van der Waals surface area (Å²) in [7, 11) is 1.73. The summed E-state index contributed by atoms with van der Waals surface area (Å²) >= 11 is 1.58. The van der Waals surface area contributed by atoms with Crippen LogP contribution in [0.15, 0.2) is 29.8 Å². The topological polar surface area (TPSA) is 141 Å². The minimum atomic E-state index is -0.857. The van der Waals surface area contributed by atoms with Crippen molar-refractivity contribution in [3.8, 4) is 10.4 Å². The third-order valence-corrected chi connectivity index (χ3v) is 9.64. The molecule has 4 atom stereocenters. The van der Waals surface area contributed by atoms with Gasteiger partial charge in [0.15, 0.2) is 0 Å². The van der Waals surface area contributed by atoms with Gasteiger partial charge in [-0.05, 0) is 64.0 Å². The van der Waals surface area contributed by atoms with Crippen LogP contribution in [-0.4, -0.2) is 87.6 Å².